The van der Waals surface area contributed by atoms with Crippen molar-refractivity contribution in [1.29, 1.82) is 0 Å². The van der Waals surface area contributed by atoms with Gasteiger partial charge in [0.15, 0.2) is 0 Å². The number of ether oxygens (including phenoxy) is 1. The first kappa shape index (κ1) is 12.4. The number of rotatable bonds is 2. The fourth-order valence-corrected chi connectivity index (χ4v) is 2.07. The van der Waals surface area contributed by atoms with E-state index in [4.69, 9.17) is 10.5 Å². The molecular weight excluding hydrogens is 229 g/mol. The third-order valence-corrected chi connectivity index (χ3v) is 3.08. The van der Waals surface area contributed by atoms with Gasteiger partial charge in [0.2, 0.25) is 0 Å². The zero-order valence-electron chi connectivity index (χ0n) is 10.8. The highest BCUT2D eigenvalue weighted by Crippen LogP contribution is 2.34. The van der Waals surface area contributed by atoms with Crippen LogP contribution < -0.4 is 10.5 Å². The number of hydrogen-bond acceptors (Lipinski definition) is 2. The van der Waals surface area contributed by atoms with Gasteiger partial charge in [-0.05, 0) is 48.7 Å². The highest BCUT2D eigenvalue weighted by Gasteiger charge is 2.11. The van der Waals surface area contributed by atoms with E-state index in [1.165, 1.54) is 6.07 Å². The normalized spacial score (nSPS) is 10.4. The zero-order chi connectivity index (χ0) is 13.3. The highest BCUT2D eigenvalue weighted by atomic mass is 19.1. The number of nitrogen functional groups attached to an aromatic ring is 1. The number of anilines is 1. The molecule has 18 heavy (non-hydrogen) atoms. The number of para-hydroxylation sites is 1. The summed E-state index contributed by atoms with van der Waals surface area (Å²) in [4.78, 5) is 0. The largest absolute Gasteiger partial charge is 0.496 e. The van der Waals surface area contributed by atoms with Gasteiger partial charge in [-0.3, -0.25) is 0 Å². The second-order valence-electron chi connectivity index (χ2n) is 4.34. The van der Waals surface area contributed by atoms with Crippen LogP contribution in [0.2, 0.25) is 0 Å². The van der Waals surface area contributed by atoms with Gasteiger partial charge in [-0.25, -0.2) is 4.39 Å². The third-order valence-electron chi connectivity index (χ3n) is 3.08. The van der Waals surface area contributed by atoms with E-state index in [0.717, 1.165) is 28.0 Å². The Labute approximate surface area is 106 Å². The van der Waals surface area contributed by atoms with Gasteiger partial charge < -0.3 is 10.5 Å². The Morgan fingerprint density at radius 2 is 1.78 bits per heavy atom. The highest BCUT2D eigenvalue weighted by molar-refractivity contribution is 5.79. The smallest absolute Gasteiger partial charge is 0.146 e. The molecule has 0 heterocycles. The Kier molecular flexibility index (Phi) is 3.24. The van der Waals surface area contributed by atoms with E-state index in [1.54, 1.807) is 13.2 Å². The minimum Gasteiger partial charge on any atom is -0.496 e. The molecule has 2 rings (SSSR count). The van der Waals surface area contributed by atoms with Crippen molar-refractivity contribution in [3.63, 3.8) is 0 Å². The van der Waals surface area contributed by atoms with E-state index in [9.17, 15) is 4.39 Å². The van der Waals surface area contributed by atoms with Crippen LogP contribution in [0.1, 0.15) is 11.1 Å². The Morgan fingerprint density at radius 3 is 2.44 bits per heavy atom. The standard InChI is InChI=1S/C15H16FNO/c1-9-8-14(18-3)10(2)7-12(9)11-5-4-6-13(16)15(11)17/h4-8H,17H2,1-3H3. The molecule has 0 aliphatic rings. The second kappa shape index (κ2) is 4.69. The molecule has 0 aliphatic carbocycles. The van der Waals surface area contributed by atoms with Crippen LogP contribution in [-0.4, -0.2) is 7.11 Å². The van der Waals surface area contributed by atoms with Crippen LogP contribution in [0, 0.1) is 19.7 Å². The van der Waals surface area contributed by atoms with Crippen LogP contribution >= 0.6 is 0 Å². The third kappa shape index (κ3) is 2.04. The van der Waals surface area contributed by atoms with E-state index < -0.39 is 0 Å². The summed E-state index contributed by atoms with van der Waals surface area (Å²) in [5.74, 6) is 0.437. The number of benzene rings is 2. The maximum Gasteiger partial charge on any atom is 0.146 e. The van der Waals surface area contributed by atoms with Crippen LogP contribution in [0.15, 0.2) is 30.3 Å². The Bertz CT molecular complexity index is 593. The van der Waals surface area contributed by atoms with Crippen molar-refractivity contribution in [2.45, 2.75) is 13.8 Å². The maximum atomic E-state index is 13.5. The lowest BCUT2D eigenvalue weighted by atomic mass is 9.96. The first-order valence-electron chi connectivity index (χ1n) is 5.74. The SMILES string of the molecule is COc1cc(C)c(-c2cccc(F)c2N)cc1C. The molecule has 0 atom stereocenters. The lowest BCUT2D eigenvalue weighted by molar-refractivity contribution is 0.411. The van der Waals surface area contributed by atoms with Gasteiger partial charge >= 0.3 is 0 Å². The molecule has 2 N–H and O–H groups in total. The molecule has 0 saturated heterocycles. The van der Waals surface area contributed by atoms with Crippen LogP contribution in [0.5, 0.6) is 5.75 Å². The van der Waals surface area contributed by atoms with Gasteiger partial charge in [0.25, 0.3) is 0 Å². The van der Waals surface area contributed by atoms with Crippen molar-refractivity contribution in [2.75, 3.05) is 12.8 Å². The molecule has 0 spiro atoms. The van der Waals surface area contributed by atoms with Crippen LogP contribution in [0.3, 0.4) is 0 Å². The van der Waals surface area contributed by atoms with E-state index in [0.29, 0.717) is 0 Å². The van der Waals surface area contributed by atoms with Crippen molar-refractivity contribution in [3.05, 3.63) is 47.3 Å². The molecule has 0 saturated carbocycles. The number of aryl methyl sites for hydroxylation is 2. The quantitative estimate of drug-likeness (QED) is 0.819. The molecule has 0 bridgehead atoms. The van der Waals surface area contributed by atoms with Crippen molar-refractivity contribution >= 4 is 5.69 Å². The zero-order valence-corrected chi connectivity index (χ0v) is 10.8. The predicted octanol–water partition coefficient (Wildman–Crippen LogP) is 3.70. The molecule has 0 aliphatic heterocycles. The molecule has 0 fully saturated rings. The Hall–Kier alpha value is -2.03. The second-order valence-corrected chi connectivity index (χ2v) is 4.34. The van der Waals surface area contributed by atoms with Gasteiger partial charge in [-0.15, -0.1) is 0 Å². The molecule has 0 radical (unpaired) electrons. The lowest BCUT2D eigenvalue weighted by Crippen LogP contribution is -1.97. The molecule has 94 valence electrons. The van der Waals surface area contributed by atoms with Crippen LogP contribution in [0.25, 0.3) is 11.1 Å². The molecule has 3 heteroatoms. The fraction of sp³-hybridized carbons (Fsp3) is 0.200. The molecule has 0 aromatic heterocycles. The predicted molar refractivity (Wildman–Crippen MR) is 72.3 cm³/mol. The first-order valence-corrected chi connectivity index (χ1v) is 5.74. The summed E-state index contributed by atoms with van der Waals surface area (Å²) >= 11 is 0. The van der Waals surface area contributed by atoms with Gasteiger partial charge in [0.1, 0.15) is 11.6 Å². The average molecular weight is 245 g/mol. The summed E-state index contributed by atoms with van der Waals surface area (Å²) in [5, 5.41) is 0. The van der Waals surface area contributed by atoms with Crippen molar-refractivity contribution < 1.29 is 9.13 Å². The minimum absolute atomic E-state index is 0.185. The molecule has 2 aromatic rings. The van der Waals surface area contributed by atoms with E-state index >= 15 is 0 Å². The monoisotopic (exact) mass is 245 g/mol. The van der Waals surface area contributed by atoms with Gasteiger partial charge in [-0.2, -0.15) is 0 Å². The van der Waals surface area contributed by atoms with Crippen LogP contribution in [-0.2, 0) is 0 Å². The van der Waals surface area contributed by atoms with Crippen molar-refractivity contribution in [1.82, 2.24) is 0 Å². The summed E-state index contributed by atoms with van der Waals surface area (Å²) in [7, 11) is 1.64. The van der Waals surface area contributed by atoms with Crippen molar-refractivity contribution in [3.8, 4) is 16.9 Å². The van der Waals surface area contributed by atoms with Gasteiger partial charge in [-0.1, -0.05) is 12.1 Å². The number of nitrogens with two attached hydrogens (primary N) is 1. The van der Waals surface area contributed by atoms with Crippen LogP contribution in [0.4, 0.5) is 10.1 Å². The summed E-state index contributed by atoms with van der Waals surface area (Å²) in [6, 6.07) is 8.77. The van der Waals surface area contributed by atoms with E-state index in [1.807, 2.05) is 32.0 Å². The number of methoxy groups -OCH3 is 1. The Balaban J connectivity index is 2.64. The summed E-state index contributed by atoms with van der Waals surface area (Å²) in [5.41, 5.74) is 9.65. The lowest BCUT2D eigenvalue weighted by Gasteiger charge is -2.13. The Morgan fingerprint density at radius 1 is 1.06 bits per heavy atom. The van der Waals surface area contributed by atoms with Crippen molar-refractivity contribution in [2.24, 2.45) is 0 Å². The van der Waals surface area contributed by atoms with E-state index in [-0.39, 0.29) is 11.5 Å². The van der Waals surface area contributed by atoms with E-state index in [2.05, 4.69) is 0 Å². The molecule has 0 unspecified atom stereocenters. The molecule has 2 aromatic carbocycles. The first-order chi connectivity index (χ1) is 8.54. The molecular formula is C15H16FNO. The number of hydrogen-bond donors (Lipinski definition) is 1. The van der Waals surface area contributed by atoms with Gasteiger partial charge in [0, 0.05) is 5.56 Å². The summed E-state index contributed by atoms with van der Waals surface area (Å²) < 4.78 is 18.8. The fourth-order valence-electron chi connectivity index (χ4n) is 2.07. The molecule has 2 nitrogen and oxygen atoms in total. The van der Waals surface area contributed by atoms with Gasteiger partial charge in [0.05, 0.1) is 12.8 Å². The summed E-state index contributed by atoms with van der Waals surface area (Å²) in [6.07, 6.45) is 0. The number of halogens is 1. The minimum atomic E-state index is -0.389. The topological polar surface area (TPSA) is 35.2 Å². The molecule has 0 amide bonds. The average Bonchev–Trinajstić information content (AvgIpc) is 2.35. The maximum absolute atomic E-state index is 13.5. The summed E-state index contributed by atoms with van der Waals surface area (Å²) in [6.45, 7) is 3.92.